The van der Waals surface area contributed by atoms with Crippen LogP contribution in [0.1, 0.15) is 21.5 Å². The molecule has 0 heterocycles. The highest BCUT2D eigenvalue weighted by Crippen LogP contribution is 2.16. The minimum atomic E-state index is -0.347. The summed E-state index contributed by atoms with van der Waals surface area (Å²) in [7, 11) is 0. The molecule has 4 N–H and O–H groups in total. The highest BCUT2D eigenvalue weighted by atomic mass is 16.5. The van der Waals surface area contributed by atoms with Crippen LogP contribution in [0.15, 0.2) is 48.5 Å². The fourth-order valence-electron chi connectivity index (χ4n) is 1.80. The summed E-state index contributed by atoms with van der Waals surface area (Å²) in [6.45, 7) is 0.266. The molecular weight excluding hydrogens is 256 g/mol. The van der Waals surface area contributed by atoms with Crippen LogP contribution in [-0.4, -0.2) is 11.0 Å². The highest BCUT2D eigenvalue weighted by Gasteiger charge is 2.09. The number of carbonyl (C=O) groups is 1. The molecule has 5 nitrogen and oxygen atoms in total. The number of hydrogen-bond acceptors (Lipinski definition) is 4. The van der Waals surface area contributed by atoms with E-state index in [1.807, 2.05) is 12.1 Å². The molecule has 0 saturated heterocycles. The van der Waals surface area contributed by atoms with Crippen LogP contribution in [0.25, 0.3) is 0 Å². The van der Waals surface area contributed by atoms with Crippen molar-refractivity contribution in [2.75, 3.05) is 0 Å². The number of nitrogen functional groups attached to an aromatic ring is 1. The Hall–Kier alpha value is -2.37. The first-order valence-corrected chi connectivity index (χ1v) is 6.16. The first-order chi connectivity index (χ1) is 9.74. The summed E-state index contributed by atoms with van der Waals surface area (Å²) in [5.41, 5.74) is 4.17. The minimum Gasteiger partial charge on any atom is -0.489 e. The van der Waals surface area contributed by atoms with Crippen LogP contribution >= 0.6 is 0 Å². The lowest BCUT2D eigenvalue weighted by molar-refractivity contribution is 0.0951. The number of hydrazine groups is 1. The number of nitrogens with one attached hydrogen (secondary N) is 1. The predicted octanol–water partition coefficient (Wildman–Crippen LogP) is 1.36. The molecule has 20 heavy (non-hydrogen) atoms. The average Bonchev–Trinajstić information content (AvgIpc) is 2.53. The van der Waals surface area contributed by atoms with E-state index < -0.39 is 0 Å². The van der Waals surface area contributed by atoms with E-state index in [9.17, 15) is 4.79 Å². The first-order valence-electron chi connectivity index (χ1n) is 6.16. The Bertz CT molecular complexity index is 582. The molecule has 0 bridgehead atoms. The van der Waals surface area contributed by atoms with E-state index in [-0.39, 0.29) is 19.1 Å². The van der Waals surface area contributed by atoms with Gasteiger partial charge in [-0.3, -0.25) is 10.2 Å². The Labute approximate surface area is 117 Å². The molecule has 2 aromatic rings. The Balaban J connectivity index is 2.08. The largest absolute Gasteiger partial charge is 0.489 e. The molecule has 0 unspecified atom stereocenters. The van der Waals surface area contributed by atoms with Crippen molar-refractivity contribution in [3.8, 4) is 5.75 Å². The van der Waals surface area contributed by atoms with E-state index in [1.165, 1.54) is 0 Å². The standard InChI is InChI=1S/C15H16N2O3/c16-17-15(19)14-4-2-1-3-12(14)10-20-13-7-5-11(9-18)6-8-13/h1-8,18H,9-10,16H2,(H,17,19). The fraction of sp³-hybridized carbons (Fsp3) is 0.133. The molecule has 0 aromatic heterocycles. The van der Waals surface area contributed by atoms with Gasteiger partial charge in [0.15, 0.2) is 0 Å². The lowest BCUT2D eigenvalue weighted by Crippen LogP contribution is -2.30. The van der Waals surface area contributed by atoms with E-state index in [1.54, 1.807) is 36.4 Å². The monoisotopic (exact) mass is 272 g/mol. The van der Waals surface area contributed by atoms with Gasteiger partial charge >= 0.3 is 0 Å². The van der Waals surface area contributed by atoms with Crippen LogP contribution in [0, 0.1) is 0 Å². The van der Waals surface area contributed by atoms with Gasteiger partial charge in [-0.1, -0.05) is 30.3 Å². The molecule has 0 saturated carbocycles. The van der Waals surface area contributed by atoms with Gasteiger partial charge in [-0.25, -0.2) is 5.84 Å². The fourth-order valence-corrected chi connectivity index (χ4v) is 1.80. The van der Waals surface area contributed by atoms with Gasteiger partial charge in [-0.15, -0.1) is 0 Å². The summed E-state index contributed by atoms with van der Waals surface area (Å²) < 4.78 is 5.62. The summed E-state index contributed by atoms with van der Waals surface area (Å²) in [6.07, 6.45) is 0. The first kappa shape index (κ1) is 14.0. The van der Waals surface area contributed by atoms with Crippen molar-refractivity contribution < 1.29 is 14.6 Å². The molecule has 0 radical (unpaired) electrons. The van der Waals surface area contributed by atoms with Crippen LogP contribution in [0.4, 0.5) is 0 Å². The summed E-state index contributed by atoms with van der Waals surface area (Å²) in [4.78, 5) is 11.6. The minimum absolute atomic E-state index is 0.000214. The molecule has 0 atom stereocenters. The van der Waals surface area contributed by atoms with Crippen molar-refractivity contribution in [3.63, 3.8) is 0 Å². The number of hydrogen-bond donors (Lipinski definition) is 3. The van der Waals surface area contributed by atoms with Crippen molar-refractivity contribution in [2.24, 2.45) is 5.84 Å². The Morgan fingerprint density at radius 2 is 1.85 bits per heavy atom. The summed E-state index contributed by atoms with van der Waals surface area (Å²) >= 11 is 0. The van der Waals surface area contributed by atoms with E-state index in [0.717, 1.165) is 11.1 Å². The predicted molar refractivity (Wildman–Crippen MR) is 74.8 cm³/mol. The second kappa shape index (κ2) is 6.70. The van der Waals surface area contributed by atoms with E-state index in [0.29, 0.717) is 11.3 Å². The molecule has 2 rings (SSSR count). The van der Waals surface area contributed by atoms with Crippen molar-refractivity contribution in [1.29, 1.82) is 0 Å². The van der Waals surface area contributed by atoms with Crippen LogP contribution < -0.4 is 16.0 Å². The normalized spacial score (nSPS) is 10.1. The molecule has 0 fully saturated rings. The maximum atomic E-state index is 11.6. The van der Waals surface area contributed by atoms with Crippen LogP contribution in [0.3, 0.4) is 0 Å². The molecule has 5 heteroatoms. The lowest BCUT2D eigenvalue weighted by Gasteiger charge is -2.10. The van der Waals surface area contributed by atoms with Crippen LogP contribution in [0.5, 0.6) is 5.75 Å². The van der Waals surface area contributed by atoms with Gasteiger partial charge in [0.05, 0.1) is 6.61 Å². The van der Waals surface area contributed by atoms with Crippen molar-refractivity contribution >= 4 is 5.91 Å². The van der Waals surface area contributed by atoms with Gasteiger partial charge in [0.1, 0.15) is 12.4 Å². The number of carbonyl (C=O) groups excluding carboxylic acids is 1. The Morgan fingerprint density at radius 3 is 2.50 bits per heavy atom. The van der Waals surface area contributed by atoms with Gasteiger partial charge < -0.3 is 9.84 Å². The third-order valence-electron chi connectivity index (χ3n) is 2.89. The highest BCUT2D eigenvalue weighted by molar-refractivity contribution is 5.95. The number of rotatable bonds is 5. The van der Waals surface area contributed by atoms with Crippen LogP contribution in [0.2, 0.25) is 0 Å². The van der Waals surface area contributed by atoms with Crippen molar-refractivity contribution in [3.05, 3.63) is 65.2 Å². The number of ether oxygens (including phenoxy) is 1. The molecule has 0 spiro atoms. The second-order valence-corrected chi connectivity index (χ2v) is 4.22. The summed E-state index contributed by atoms with van der Waals surface area (Å²) in [6, 6.07) is 14.2. The number of aliphatic hydroxyl groups is 1. The quantitative estimate of drug-likeness (QED) is 0.436. The molecule has 1 amide bonds. The zero-order valence-electron chi connectivity index (χ0n) is 10.9. The molecule has 0 aliphatic rings. The van der Waals surface area contributed by atoms with Gasteiger partial charge in [0.25, 0.3) is 5.91 Å². The van der Waals surface area contributed by atoms with E-state index >= 15 is 0 Å². The molecule has 2 aromatic carbocycles. The lowest BCUT2D eigenvalue weighted by atomic mass is 10.1. The molecule has 0 aliphatic heterocycles. The van der Waals surface area contributed by atoms with E-state index in [2.05, 4.69) is 5.43 Å². The van der Waals surface area contributed by atoms with Gasteiger partial charge in [0.2, 0.25) is 0 Å². The second-order valence-electron chi connectivity index (χ2n) is 4.22. The number of nitrogens with two attached hydrogens (primary N) is 1. The maximum Gasteiger partial charge on any atom is 0.265 e. The molecule has 104 valence electrons. The third-order valence-corrected chi connectivity index (χ3v) is 2.89. The topological polar surface area (TPSA) is 84.6 Å². The average molecular weight is 272 g/mol. The summed E-state index contributed by atoms with van der Waals surface area (Å²) in [5.74, 6) is 5.47. The molecule has 0 aliphatic carbocycles. The zero-order valence-corrected chi connectivity index (χ0v) is 10.9. The Kier molecular flexibility index (Phi) is 4.70. The summed E-state index contributed by atoms with van der Waals surface area (Å²) in [5, 5.41) is 8.96. The van der Waals surface area contributed by atoms with Gasteiger partial charge in [-0.2, -0.15) is 0 Å². The Morgan fingerprint density at radius 1 is 1.15 bits per heavy atom. The number of benzene rings is 2. The molecular formula is C15H16N2O3. The van der Waals surface area contributed by atoms with Crippen molar-refractivity contribution in [1.82, 2.24) is 5.43 Å². The maximum absolute atomic E-state index is 11.6. The van der Waals surface area contributed by atoms with Gasteiger partial charge in [0, 0.05) is 11.1 Å². The number of amides is 1. The van der Waals surface area contributed by atoms with Crippen molar-refractivity contribution in [2.45, 2.75) is 13.2 Å². The smallest absolute Gasteiger partial charge is 0.265 e. The zero-order chi connectivity index (χ0) is 14.4. The van der Waals surface area contributed by atoms with Gasteiger partial charge in [-0.05, 0) is 23.8 Å². The van der Waals surface area contributed by atoms with Crippen LogP contribution in [-0.2, 0) is 13.2 Å². The van der Waals surface area contributed by atoms with E-state index in [4.69, 9.17) is 15.7 Å². The number of aliphatic hydroxyl groups excluding tert-OH is 1. The SMILES string of the molecule is NNC(=O)c1ccccc1COc1ccc(CO)cc1. The third kappa shape index (κ3) is 3.34.